The van der Waals surface area contributed by atoms with Crippen LogP contribution < -0.4 is 19.6 Å². The zero-order chi connectivity index (χ0) is 94.7. The van der Waals surface area contributed by atoms with Crippen molar-refractivity contribution in [1.29, 1.82) is 0 Å². The third kappa shape index (κ3) is 17.8. The van der Waals surface area contributed by atoms with E-state index in [1.165, 1.54) is 61.2 Å². The van der Waals surface area contributed by atoms with Crippen molar-refractivity contribution in [2.45, 2.75) is 155 Å². The number of hydrogen-bond acceptors (Lipinski definition) is 16. The number of benzene rings is 8. The van der Waals surface area contributed by atoms with Crippen LogP contribution in [0, 0.1) is 23.3 Å². The first-order valence-corrected chi connectivity index (χ1v) is 51.5. The summed E-state index contributed by atoms with van der Waals surface area (Å²) in [6, 6.07) is 55.7. The van der Waals surface area contributed by atoms with Gasteiger partial charge in [0.2, 0.25) is 23.6 Å². The molecule has 4 spiro atoms. The number of rotatable bonds is 16. The number of carbonyl (C=O) groups excluding carboxylic acids is 4. The first-order valence-electron chi connectivity index (χ1n) is 49.2. The second-order valence-corrected chi connectivity index (χ2v) is 42.5. The molecule has 0 saturated carbocycles. The fourth-order valence-electron chi connectivity index (χ4n) is 24.3. The van der Waals surface area contributed by atoms with E-state index in [9.17, 15) is 19.2 Å². The number of hydrogen-bond donors (Lipinski definition) is 0. The van der Waals surface area contributed by atoms with Crippen LogP contribution in [0.5, 0.6) is 0 Å². The van der Waals surface area contributed by atoms with Crippen LogP contribution >= 0.6 is 23.5 Å². The SMILES string of the molecule is CN1CCC(N2CCC3(CC2)C(=O)N(Cc2ccc(-c4cnn(C)c4)cc2F)c2ccccc23)C1.Cn1cc(-c2ccc(CN3C(=O)C4(CCN(C5CCCOC5)C4)c4ccccc43)c(F)c2)cn1.Cn1cc(-c2ccc(CN3C(=O)C4(CCN(C5CCSCC5)C4)c4ccccc43)c(F)c2)cn1.Cn1cc(-c2ccc(CN3C(=O)C4(CCN(C5CCSCC5)CC4)c4ccccc43)c(F)c2)cn1. The lowest BCUT2D eigenvalue weighted by molar-refractivity contribution is -0.126. The van der Waals surface area contributed by atoms with E-state index in [2.05, 4.69) is 88.0 Å². The number of fused-ring (bicyclic) bond motifs is 8. The van der Waals surface area contributed by atoms with Gasteiger partial charge in [-0.2, -0.15) is 43.9 Å². The van der Waals surface area contributed by atoms with Gasteiger partial charge in [-0.1, -0.05) is 121 Å². The van der Waals surface area contributed by atoms with E-state index in [1.807, 2.05) is 183 Å². The molecule has 22 nitrogen and oxygen atoms in total. The average molecular weight is 1900 g/mol. The van der Waals surface area contributed by atoms with Crippen LogP contribution in [0.15, 0.2) is 219 Å². The average Bonchev–Trinajstić information content (AvgIpc) is 1.56. The zero-order valence-electron chi connectivity index (χ0n) is 79.4. The highest BCUT2D eigenvalue weighted by Crippen LogP contribution is 2.55. The Kier molecular flexibility index (Phi) is 26.3. The second-order valence-electron chi connectivity index (χ2n) is 40.1. The number of aryl methyl sites for hydroxylation is 4. The Labute approximate surface area is 813 Å². The Bertz CT molecular complexity index is 6150. The van der Waals surface area contributed by atoms with Crippen molar-refractivity contribution in [3.8, 4) is 44.5 Å². The molecule has 12 aliphatic heterocycles. The van der Waals surface area contributed by atoms with Crippen molar-refractivity contribution in [1.82, 2.24) is 63.6 Å². The largest absolute Gasteiger partial charge is 0.380 e. The minimum Gasteiger partial charge on any atom is -0.380 e. The third-order valence-corrected chi connectivity index (χ3v) is 34.1. The Morgan fingerprint density at radius 2 is 0.630 bits per heavy atom. The summed E-state index contributed by atoms with van der Waals surface area (Å²) < 4.78 is 73.3. The number of ether oxygens (including phenoxy) is 1. The molecule has 4 unspecified atom stereocenters. The van der Waals surface area contributed by atoms with Crippen LogP contribution in [-0.4, -0.2) is 220 Å². The Balaban J connectivity index is 0.000000110. The zero-order valence-corrected chi connectivity index (χ0v) is 81.0. The van der Waals surface area contributed by atoms with Crippen molar-refractivity contribution in [3.05, 3.63) is 287 Å². The Hall–Kier alpha value is -11.3. The van der Waals surface area contributed by atoms with Gasteiger partial charge in [-0.25, -0.2) is 17.6 Å². The molecule has 138 heavy (non-hydrogen) atoms. The van der Waals surface area contributed by atoms with Gasteiger partial charge in [0.05, 0.1) is 79.2 Å². The first kappa shape index (κ1) is 93.0. The molecule has 28 heteroatoms. The number of carbonyl (C=O) groups is 4. The minimum absolute atomic E-state index is 0.0867. The smallest absolute Gasteiger partial charge is 0.239 e. The van der Waals surface area contributed by atoms with E-state index in [0.29, 0.717) is 53.0 Å². The van der Waals surface area contributed by atoms with Gasteiger partial charge in [0.1, 0.15) is 23.3 Å². The number of nitrogens with zero attached hydrogens (tertiary/aromatic N) is 17. The van der Waals surface area contributed by atoms with Crippen LogP contribution in [-0.2, 0) is 99.9 Å². The molecule has 4 atom stereocenters. The number of aromatic nitrogens is 8. The number of thioether (sulfide) groups is 2. The maximum atomic E-state index is 15.2. The van der Waals surface area contributed by atoms with Crippen LogP contribution in [0.2, 0.25) is 0 Å². The number of piperidine rings is 2. The van der Waals surface area contributed by atoms with Gasteiger partial charge in [-0.3, -0.25) is 52.6 Å². The standard InChI is InChI=1S/C28H32FN5O.C28H31FN4OS.C27H29FN4O2.C27H29FN4OS/c1-31-12-9-23(19-31)33-13-10-28(11-14-33)24-5-3-4-6-26(24)34(27(28)35)18-21-8-7-20(15-25(21)29)22-16-30-32(2)17-22;1-31-18-22(17-30-31)20-6-7-21(25(29)16-20)19-33-26-5-3-2-4-24(26)28(27(33)34)10-12-32(13-11-28)23-8-14-35-15-9-23;1-30-15-21(14-29-30)19-8-9-20(24(28)13-19)16-32-25-7-3-2-6-23(25)27(26(32)33)10-11-31(18-27)22-5-4-12-34-17-22;1-30-16-21(15-29-30)19-6-7-20(24(28)14-19)17-32-25-5-3-2-4-23(25)27(26(32)33)10-11-31(18-27)22-8-12-34-13-9-22/h3-8,15-17,23H,9-14,18-19H2,1-2H3;2-7,16-18,23H,8-15,19H2,1H3;2-3,6-9,13-15,22H,4-5,10-12,16-18H2,1H3;2-7,14-16,22H,8-13,17-18H2,1H3. The maximum Gasteiger partial charge on any atom is 0.239 e. The number of para-hydroxylation sites is 4. The molecule has 12 aliphatic rings. The molecule has 24 rings (SSSR count). The predicted molar refractivity (Wildman–Crippen MR) is 536 cm³/mol. The molecule has 16 heterocycles. The molecule has 0 aliphatic carbocycles. The van der Waals surface area contributed by atoms with Gasteiger partial charge in [0.15, 0.2) is 0 Å². The predicted octanol–water partition coefficient (Wildman–Crippen LogP) is 17.3. The van der Waals surface area contributed by atoms with Crippen LogP contribution in [0.4, 0.5) is 40.3 Å². The highest BCUT2D eigenvalue weighted by atomic mass is 32.2. The van der Waals surface area contributed by atoms with Crippen molar-refractivity contribution in [2.75, 3.05) is 128 Å². The van der Waals surface area contributed by atoms with Crippen molar-refractivity contribution in [2.24, 2.45) is 28.2 Å². The lowest BCUT2D eigenvalue weighted by Crippen LogP contribution is -2.51. The van der Waals surface area contributed by atoms with E-state index in [0.717, 1.165) is 213 Å². The molecule has 0 N–H and O–H groups in total. The normalized spacial score (nSPS) is 22.7. The van der Waals surface area contributed by atoms with E-state index in [4.69, 9.17) is 4.74 Å². The van der Waals surface area contributed by atoms with Crippen molar-refractivity contribution >= 4 is 69.9 Å². The van der Waals surface area contributed by atoms with Gasteiger partial charge in [-0.15, -0.1) is 0 Å². The molecule has 8 fully saturated rings. The number of anilines is 4. The molecule has 4 amide bonds. The fourth-order valence-corrected chi connectivity index (χ4v) is 26.5. The van der Waals surface area contributed by atoms with E-state index >= 15 is 17.6 Å². The van der Waals surface area contributed by atoms with Gasteiger partial charge in [0, 0.05) is 171 Å². The molecular formula is C110H121F4N17O5S2. The second kappa shape index (κ2) is 39.0. The van der Waals surface area contributed by atoms with Crippen molar-refractivity contribution < 1.29 is 41.5 Å². The van der Waals surface area contributed by atoms with Gasteiger partial charge < -0.3 is 34.1 Å². The Morgan fingerprint density at radius 3 is 0.935 bits per heavy atom. The highest BCUT2D eigenvalue weighted by molar-refractivity contribution is 7.99. The lowest BCUT2D eigenvalue weighted by atomic mass is 9.73. The number of halogens is 4. The fraction of sp³-hybridized carbons (Fsp3) is 0.418. The molecule has 4 aromatic heterocycles. The van der Waals surface area contributed by atoms with Crippen molar-refractivity contribution in [3.63, 3.8) is 0 Å². The molecule has 716 valence electrons. The van der Waals surface area contributed by atoms with Crippen LogP contribution in [0.3, 0.4) is 0 Å². The van der Waals surface area contributed by atoms with E-state index in [-0.39, 0.29) is 73.1 Å². The summed E-state index contributed by atoms with van der Waals surface area (Å²) in [7, 11) is 9.56. The molecule has 12 aromatic rings. The summed E-state index contributed by atoms with van der Waals surface area (Å²) in [5.74, 6) is 4.19. The molecule has 0 radical (unpaired) electrons. The number of likely N-dealkylation sites (tertiary alicyclic amines) is 5. The monoisotopic (exact) mass is 1900 g/mol. The maximum absolute atomic E-state index is 15.2. The molecule has 8 aromatic carbocycles. The van der Waals surface area contributed by atoms with Gasteiger partial charge in [-0.05, 0) is 252 Å². The number of amides is 4. The summed E-state index contributed by atoms with van der Waals surface area (Å²) in [4.78, 5) is 75.7. The third-order valence-electron chi connectivity index (χ3n) is 32.0. The number of likely N-dealkylation sites (N-methyl/N-ethyl adjacent to an activating group) is 1. The topological polar surface area (TPSA) is 178 Å². The minimum atomic E-state index is -0.555. The molecular weight excluding hydrogens is 1780 g/mol. The van der Waals surface area contributed by atoms with Crippen LogP contribution in [0.1, 0.15) is 128 Å². The summed E-state index contributed by atoms with van der Waals surface area (Å²) >= 11 is 4.09. The first-order chi connectivity index (χ1) is 67.1. The summed E-state index contributed by atoms with van der Waals surface area (Å²) in [6.07, 6.45) is 27.6. The summed E-state index contributed by atoms with van der Waals surface area (Å²) in [5.41, 5.74) is 14.9. The highest BCUT2D eigenvalue weighted by Gasteiger charge is 2.59. The van der Waals surface area contributed by atoms with Crippen LogP contribution in [0.25, 0.3) is 44.5 Å². The van der Waals surface area contributed by atoms with Gasteiger partial charge >= 0.3 is 0 Å². The quantitative estimate of drug-likeness (QED) is 0.0834. The molecule has 8 saturated heterocycles. The molecule has 0 bridgehead atoms. The van der Waals surface area contributed by atoms with E-state index in [1.54, 1.807) is 84.8 Å². The summed E-state index contributed by atoms with van der Waals surface area (Å²) in [6.45, 7) is 11.9. The Morgan fingerprint density at radius 1 is 0.333 bits per heavy atom. The summed E-state index contributed by atoms with van der Waals surface area (Å²) in [5, 5.41) is 16.7. The van der Waals surface area contributed by atoms with Gasteiger partial charge in [0.25, 0.3) is 0 Å². The lowest BCUT2D eigenvalue weighted by Gasteiger charge is -2.43. The van der Waals surface area contributed by atoms with E-state index < -0.39 is 21.7 Å².